The number of carboxylic acid groups (broad SMARTS) is 1. The molecule has 5 fully saturated rings. The highest BCUT2D eigenvalue weighted by Gasteiger charge is 2.61. The molecule has 5 aliphatic rings. The number of rotatable bonds is 17. The molecule has 5 aliphatic heterocycles. The van der Waals surface area contributed by atoms with Gasteiger partial charge in [-0.15, -0.1) is 0 Å². The van der Waals surface area contributed by atoms with Crippen molar-refractivity contribution < 1.29 is 134 Å². The summed E-state index contributed by atoms with van der Waals surface area (Å²) in [5.41, 5.74) is 0. The van der Waals surface area contributed by atoms with Crippen LogP contribution in [0.2, 0.25) is 0 Å². The third-order valence-corrected chi connectivity index (χ3v) is 11.9. The molecule has 17 N–H and O–H groups in total. The molecule has 5 saturated heterocycles. The summed E-state index contributed by atoms with van der Waals surface area (Å²) in [6.07, 6.45) is -42.6. The third kappa shape index (κ3) is 11.7. The fourth-order valence-corrected chi connectivity index (χ4v) is 8.48. The Morgan fingerprint density at radius 2 is 1.21 bits per heavy atom. The van der Waals surface area contributed by atoms with Crippen molar-refractivity contribution >= 4 is 17.8 Å². The summed E-state index contributed by atoms with van der Waals surface area (Å²) >= 11 is 0. The average molecular weight is 967 g/mol. The molecule has 0 aliphatic carbocycles. The van der Waals surface area contributed by atoms with Gasteiger partial charge < -0.3 is 130 Å². The first kappa shape index (κ1) is 54.4. The van der Waals surface area contributed by atoms with Gasteiger partial charge in [-0.3, -0.25) is 9.59 Å². The van der Waals surface area contributed by atoms with E-state index in [9.17, 15) is 91.0 Å². The lowest BCUT2D eigenvalue weighted by Gasteiger charge is -2.52. The number of hydrogen-bond acceptors (Lipinski definition) is 26. The fraction of sp³-hybridized carbons (Fsp3) is 0.919. The van der Waals surface area contributed by atoms with Crippen molar-refractivity contribution in [3.63, 3.8) is 0 Å². The summed E-state index contributed by atoms with van der Waals surface area (Å²) < 4.78 is 52.2. The Hall–Kier alpha value is -2.51. The Labute approximate surface area is 374 Å². The number of nitrogens with one attached hydrogen (secondary N) is 2. The Kier molecular flexibility index (Phi) is 18.9. The molecular formula is C37H62N2O27. The highest BCUT2D eigenvalue weighted by molar-refractivity contribution is 5.76. The number of ether oxygens (including phenoxy) is 9. The van der Waals surface area contributed by atoms with E-state index in [0.29, 0.717) is 0 Å². The van der Waals surface area contributed by atoms with Gasteiger partial charge in [0.15, 0.2) is 25.2 Å². The molecule has 0 bridgehead atoms. The van der Waals surface area contributed by atoms with Crippen molar-refractivity contribution in [2.75, 3.05) is 26.4 Å². The lowest BCUT2D eigenvalue weighted by atomic mass is 9.88. The maximum atomic E-state index is 13.0. The number of aliphatic carboxylic acids is 1. The molecular weight excluding hydrogens is 904 g/mol. The van der Waals surface area contributed by atoms with E-state index in [2.05, 4.69) is 10.6 Å². The Balaban J connectivity index is 1.53. The summed E-state index contributed by atoms with van der Waals surface area (Å²) in [5, 5.41) is 164. The number of aliphatic hydroxyl groups is 14. The van der Waals surface area contributed by atoms with Gasteiger partial charge in [-0.1, -0.05) is 0 Å². The molecule has 5 rings (SSSR count). The molecule has 29 nitrogen and oxygen atoms in total. The second kappa shape index (κ2) is 22.9. The van der Waals surface area contributed by atoms with Crippen molar-refractivity contribution in [1.82, 2.24) is 10.6 Å². The van der Waals surface area contributed by atoms with Crippen molar-refractivity contribution in [2.45, 2.75) is 187 Å². The summed E-state index contributed by atoms with van der Waals surface area (Å²) in [5.74, 6) is -6.84. The zero-order valence-electron chi connectivity index (χ0n) is 35.7. The van der Waals surface area contributed by atoms with Crippen LogP contribution >= 0.6 is 0 Å². The predicted octanol–water partition coefficient (Wildman–Crippen LogP) is -10.4. The van der Waals surface area contributed by atoms with Crippen molar-refractivity contribution in [3.05, 3.63) is 0 Å². The van der Waals surface area contributed by atoms with Gasteiger partial charge in [-0.2, -0.15) is 0 Å². The molecule has 66 heavy (non-hydrogen) atoms. The van der Waals surface area contributed by atoms with E-state index in [1.165, 1.54) is 6.92 Å². The minimum atomic E-state index is -3.17. The van der Waals surface area contributed by atoms with Gasteiger partial charge in [-0.05, 0) is 6.92 Å². The zero-order chi connectivity index (χ0) is 49.1. The number of amides is 2. The van der Waals surface area contributed by atoms with Crippen LogP contribution in [0.15, 0.2) is 0 Å². The van der Waals surface area contributed by atoms with Crippen LogP contribution in [0.3, 0.4) is 0 Å². The van der Waals surface area contributed by atoms with Crippen LogP contribution in [0, 0.1) is 0 Å². The quantitative estimate of drug-likeness (QED) is 0.0643. The highest BCUT2D eigenvalue weighted by atomic mass is 16.8. The van der Waals surface area contributed by atoms with E-state index in [-0.39, 0.29) is 0 Å². The van der Waals surface area contributed by atoms with E-state index < -0.39 is 210 Å². The zero-order valence-corrected chi connectivity index (χ0v) is 35.7. The molecule has 0 aromatic carbocycles. The number of aliphatic hydroxyl groups excluding tert-OH is 14. The highest BCUT2D eigenvalue weighted by Crippen LogP contribution is 2.40. The van der Waals surface area contributed by atoms with Crippen LogP contribution in [0.25, 0.3) is 0 Å². The van der Waals surface area contributed by atoms with Crippen LogP contribution < -0.4 is 10.6 Å². The van der Waals surface area contributed by atoms with Crippen LogP contribution in [0.4, 0.5) is 0 Å². The van der Waals surface area contributed by atoms with Crippen molar-refractivity contribution in [2.24, 2.45) is 0 Å². The van der Waals surface area contributed by atoms with E-state index >= 15 is 0 Å². The minimum absolute atomic E-state index is 0.437. The van der Waals surface area contributed by atoms with Gasteiger partial charge in [-0.25, -0.2) is 4.79 Å². The molecule has 5 heterocycles. The molecule has 29 heteroatoms. The standard InChI is InChI=1S/C37H62N2O27/c1-10-22(49)13(46)4-19(58-10)62-30-21(39-12(3)45)34(64-31-24(51)16(7-41)59-33(55)26(31)53)61-18(9-43)28(30)63-35-27(54)32(25(52)17(8-42)60-35)66-37(36(56)57)5-14(47)20(38-11(2)44)29(65-37)23(50)15(48)6-40/h10,13-35,40-43,46-55H,4-9H2,1-3H3,(H,38,44)(H,39,45)(H,56,57)/t10-,13-,14-,15+,16+,17+,18+,19-,20+,21+,22+,23-,24-,25-,26+,27+,28+,29+,30+,31-,32-,33+,34-,35-,37-/m0/s1. The Bertz CT molecular complexity index is 1590. The van der Waals surface area contributed by atoms with Crippen LogP contribution in [0.1, 0.15) is 33.6 Å². The lowest BCUT2D eigenvalue weighted by molar-refractivity contribution is -0.393. The molecule has 0 unspecified atom stereocenters. The van der Waals surface area contributed by atoms with E-state index in [4.69, 9.17) is 42.6 Å². The summed E-state index contributed by atoms with van der Waals surface area (Å²) in [7, 11) is 0. The SMILES string of the molecule is CC(=O)N[C@H]1[C@H](O[C@@H]2[C@@H](O)[C@H](O)O[C@H](CO)[C@@H]2O)O[C@H](CO)[C@@H](O[C@@H]2O[C@H](CO)[C@H](O)[C@H](O[C@]3(C(=O)O)C[C@H](O)[C@@H](NC(C)=O)[C@H]([C@@H](O)[C@H](O)CO)O3)[C@H]2O)[C@@H]1O[C@H]1C[C@H](O)[C@H](O)[C@H](C)O1. The minimum Gasteiger partial charge on any atom is -0.477 e. The Morgan fingerprint density at radius 3 is 1.77 bits per heavy atom. The molecule has 0 aromatic rings. The molecule has 0 saturated carbocycles. The maximum Gasteiger partial charge on any atom is 0.364 e. The first-order valence-electron chi connectivity index (χ1n) is 21.0. The van der Waals surface area contributed by atoms with Crippen molar-refractivity contribution in [3.8, 4) is 0 Å². The van der Waals surface area contributed by atoms with Crippen LogP contribution in [-0.4, -0.2) is 274 Å². The second-order valence-corrected chi connectivity index (χ2v) is 16.7. The van der Waals surface area contributed by atoms with E-state index in [0.717, 1.165) is 13.8 Å². The number of carbonyl (C=O) groups is 3. The maximum absolute atomic E-state index is 13.0. The van der Waals surface area contributed by atoms with Gasteiger partial charge in [0.2, 0.25) is 11.8 Å². The van der Waals surface area contributed by atoms with E-state index in [1.807, 2.05) is 0 Å². The largest absolute Gasteiger partial charge is 0.477 e. The van der Waals surface area contributed by atoms with Crippen LogP contribution in [-0.2, 0) is 57.0 Å². The monoisotopic (exact) mass is 966 g/mol. The first-order valence-corrected chi connectivity index (χ1v) is 21.0. The smallest absolute Gasteiger partial charge is 0.364 e. The summed E-state index contributed by atoms with van der Waals surface area (Å²) in [4.78, 5) is 37.9. The third-order valence-electron chi connectivity index (χ3n) is 11.9. The normalized spacial score (nSPS) is 46.5. The van der Waals surface area contributed by atoms with Crippen molar-refractivity contribution in [1.29, 1.82) is 0 Å². The fourth-order valence-electron chi connectivity index (χ4n) is 8.48. The average Bonchev–Trinajstić information content (AvgIpc) is 3.26. The Morgan fingerprint density at radius 1 is 0.652 bits per heavy atom. The molecule has 25 atom stereocenters. The topological polar surface area (TPSA) is 462 Å². The lowest BCUT2D eigenvalue weighted by Crippen LogP contribution is -2.71. The molecule has 0 spiro atoms. The van der Waals surface area contributed by atoms with E-state index in [1.54, 1.807) is 0 Å². The van der Waals surface area contributed by atoms with Gasteiger partial charge in [0, 0.05) is 26.7 Å². The molecule has 382 valence electrons. The summed E-state index contributed by atoms with van der Waals surface area (Å²) in [6.45, 7) is -0.704. The first-order chi connectivity index (χ1) is 31.0. The predicted molar refractivity (Wildman–Crippen MR) is 204 cm³/mol. The molecule has 0 radical (unpaired) electrons. The number of carbonyl (C=O) groups excluding carboxylic acids is 2. The van der Waals surface area contributed by atoms with Gasteiger partial charge in [0.25, 0.3) is 5.79 Å². The molecule has 0 aromatic heterocycles. The van der Waals surface area contributed by atoms with Crippen LogP contribution in [0.5, 0.6) is 0 Å². The van der Waals surface area contributed by atoms with Gasteiger partial charge in [0.05, 0.1) is 50.8 Å². The number of carboxylic acids is 1. The molecule has 2 amide bonds. The van der Waals surface area contributed by atoms with Gasteiger partial charge >= 0.3 is 5.97 Å². The second-order valence-electron chi connectivity index (χ2n) is 16.7. The summed E-state index contributed by atoms with van der Waals surface area (Å²) in [6, 6.07) is -3.33. The van der Waals surface area contributed by atoms with Gasteiger partial charge in [0.1, 0.15) is 97.6 Å². The number of hydrogen-bond donors (Lipinski definition) is 17.